The van der Waals surface area contributed by atoms with E-state index in [1.807, 2.05) is 27.0 Å². The molecule has 2 aromatic heterocycles. The number of nitrogen functional groups attached to an aromatic ring is 1. The zero-order valence-electron chi connectivity index (χ0n) is 10.5. The number of methoxy groups -OCH3 is 1. The normalized spacial score (nSPS) is 10.6. The number of pyridine rings is 1. The van der Waals surface area contributed by atoms with Gasteiger partial charge in [0.25, 0.3) is 0 Å². The average Bonchev–Trinajstić information content (AvgIpc) is 2.66. The Morgan fingerprint density at radius 1 is 1.35 bits per heavy atom. The molecule has 0 saturated heterocycles. The molecule has 0 bridgehead atoms. The standard InChI is InChI=1S/C12H16N4O/c1-7-5-10(15-8(2)11(7)13)9-6-14-16(3)12(9)17-4/h5-6H,13H2,1-4H3. The molecule has 5 nitrogen and oxygen atoms in total. The van der Waals surface area contributed by atoms with Crippen molar-refractivity contribution in [3.8, 4) is 17.1 Å². The van der Waals surface area contributed by atoms with E-state index in [2.05, 4.69) is 10.1 Å². The Hall–Kier alpha value is -2.04. The van der Waals surface area contributed by atoms with Crippen LogP contribution in [0.25, 0.3) is 11.3 Å². The molecule has 0 aliphatic rings. The summed E-state index contributed by atoms with van der Waals surface area (Å²) in [6, 6.07) is 1.95. The van der Waals surface area contributed by atoms with Gasteiger partial charge in [0.15, 0.2) is 0 Å². The highest BCUT2D eigenvalue weighted by Crippen LogP contribution is 2.30. The van der Waals surface area contributed by atoms with Crippen LogP contribution >= 0.6 is 0 Å². The van der Waals surface area contributed by atoms with Crippen molar-refractivity contribution >= 4 is 5.69 Å². The SMILES string of the molecule is COc1c(-c2cc(C)c(N)c(C)n2)cnn1C. The first-order valence-corrected chi connectivity index (χ1v) is 5.34. The summed E-state index contributed by atoms with van der Waals surface area (Å²) in [4.78, 5) is 4.47. The Morgan fingerprint density at radius 3 is 2.65 bits per heavy atom. The molecule has 0 unspecified atom stereocenters. The quantitative estimate of drug-likeness (QED) is 0.855. The highest BCUT2D eigenvalue weighted by atomic mass is 16.5. The van der Waals surface area contributed by atoms with E-state index in [9.17, 15) is 0 Å². The molecule has 2 heterocycles. The Balaban J connectivity index is 2.61. The molecule has 17 heavy (non-hydrogen) atoms. The molecule has 0 radical (unpaired) electrons. The van der Waals surface area contributed by atoms with E-state index in [0.717, 1.165) is 28.2 Å². The summed E-state index contributed by atoms with van der Waals surface area (Å²) in [6.07, 6.45) is 1.75. The molecule has 90 valence electrons. The van der Waals surface area contributed by atoms with E-state index < -0.39 is 0 Å². The smallest absolute Gasteiger partial charge is 0.220 e. The fourth-order valence-corrected chi connectivity index (χ4v) is 1.82. The van der Waals surface area contributed by atoms with Gasteiger partial charge in [-0.2, -0.15) is 5.10 Å². The molecule has 2 rings (SSSR count). The summed E-state index contributed by atoms with van der Waals surface area (Å²) in [6.45, 7) is 3.87. The number of anilines is 1. The third kappa shape index (κ3) is 1.84. The van der Waals surface area contributed by atoms with Crippen molar-refractivity contribution in [2.75, 3.05) is 12.8 Å². The molecular formula is C12H16N4O. The van der Waals surface area contributed by atoms with Gasteiger partial charge in [0, 0.05) is 7.05 Å². The lowest BCUT2D eigenvalue weighted by Crippen LogP contribution is -1.99. The maximum absolute atomic E-state index is 5.89. The lowest BCUT2D eigenvalue weighted by Gasteiger charge is -2.08. The van der Waals surface area contributed by atoms with E-state index in [-0.39, 0.29) is 0 Å². The molecule has 0 atom stereocenters. The molecule has 0 aromatic carbocycles. The van der Waals surface area contributed by atoms with Crippen molar-refractivity contribution in [3.63, 3.8) is 0 Å². The van der Waals surface area contributed by atoms with Gasteiger partial charge in [-0.25, -0.2) is 4.68 Å². The number of hydrogen-bond acceptors (Lipinski definition) is 4. The van der Waals surface area contributed by atoms with E-state index in [4.69, 9.17) is 10.5 Å². The minimum absolute atomic E-state index is 0.695. The average molecular weight is 232 g/mol. The van der Waals surface area contributed by atoms with Crippen molar-refractivity contribution < 1.29 is 4.74 Å². The number of rotatable bonds is 2. The summed E-state index contributed by atoms with van der Waals surface area (Å²) in [5.41, 5.74) is 10.2. The van der Waals surface area contributed by atoms with Crippen LogP contribution in [0.3, 0.4) is 0 Å². The molecule has 0 aliphatic heterocycles. The van der Waals surface area contributed by atoms with Crippen LogP contribution in [0.4, 0.5) is 5.69 Å². The van der Waals surface area contributed by atoms with Gasteiger partial charge >= 0.3 is 0 Å². The molecule has 0 saturated carbocycles. The highest BCUT2D eigenvalue weighted by molar-refractivity contribution is 5.68. The van der Waals surface area contributed by atoms with Gasteiger partial charge in [-0.3, -0.25) is 4.98 Å². The van der Waals surface area contributed by atoms with Gasteiger partial charge in [-0.15, -0.1) is 0 Å². The number of hydrogen-bond donors (Lipinski definition) is 1. The zero-order chi connectivity index (χ0) is 12.6. The van der Waals surface area contributed by atoms with Gasteiger partial charge in [0.05, 0.1) is 35.9 Å². The second-order valence-electron chi connectivity index (χ2n) is 4.01. The largest absolute Gasteiger partial charge is 0.481 e. The Kier molecular flexibility index (Phi) is 2.75. The van der Waals surface area contributed by atoms with Crippen LogP contribution < -0.4 is 10.5 Å². The lowest BCUT2D eigenvalue weighted by atomic mass is 10.1. The van der Waals surface area contributed by atoms with Gasteiger partial charge in [0.1, 0.15) is 0 Å². The molecule has 0 aliphatic carbocycles. The first-order valence-electron chi connectivity index (χ1n) is 5.34. The van der Waals surface area contributed by atoms with Crippen molar-refractivity contribution in [2.45, 2.75) is 13.8 Å². The molecule has 2 aromatic rings. The predicted octanol–water partition coefficient (Wildman–Crippen LogP) is 1.69. The lowest BCUT2D eigenvalue weighted by molar-refractivity contribution is 0.375. The maximum atomic E-state index is 5.89. The number of nitrogens with two attached hydrogens (primary N) is 1. The maximum Gasteiger partial charge on any atom is 0.220 e. The first-order chi connectivity index (χ1) is 8.04. The fraction of sp³-hybridized carbons (Fsp3) is 0.333. The van der Waals surface area contributed by atoms with E-state index in [1.54, 1.807) is 18.0 Å². The first kappa shape index (κ1) is 11.4. The topological polar surface area (TPSA) is 66.0 Å². The van der Waals surface area contributed by atoms with Crippen LogP contribution in [0.2, 0.25) is 0 Å². The second kappa shape index (κ2) is 4.08. The second-order valence-corrected chi connectivity index (χ2v) is 4.01. The third-order valence-electron chi connectivity index (χ3n) is 2.81. The Bertz CT molecular complexity index is 537. The number of aromatic nitrogens is 3. The van der Waals surface area contributed by atoms with Crippen LogP contribution in [0, 0.1) is 13.8 Å². The predicted molar refractivity (Wildman–Crippen MR) is 66.9 cm³/mol. The minimum atomic E-state index is 0.695. The van der Waals surface area contributed by atoms with Crippen molar-refractivity contribution in [1.82, 2.24) is 14.8 Å². The molecule has 5 heteroatoms. The van der Waals surface area contributed by atoms with Crippen molar-refractivity contribution in [3.05, 3.63) is 23.5 Å². The summed E-state index contributed by atoms with van der Waals surface area (Å²) in [7, 11) is 3.46. The molecule has 0 fully saturated rings. The summed E-state index contributed by atoms with van der Waals surface area (Å²) in [5.74, 6) is 0.695. The van der Waals surface area contributed by atoms with Crippen LogP contribution in [-0.4, -0.2) is 21.9 Å². The zero-order valence-corrected chi connectivity index (χ0v) is 10.5. The summed E-state index contributed by atoms with van der Waals surface area (Å²) in [5, 5.41) is 4.17. The number of ether oxygens (including phenoxy) is 1. The van der Waals surface area contributed by atoms with E-state index >= 15 is 0 Å². The monoisotopic (exact) mass is 232 g/mol. The summed E-state index contributed by atoms with van der Waals surface area (Å²) < 4.78 is 6.99. The Labute approximate surface area is 100 Å². The van der Waals surface area contributed by atoms with Crippen molar-refractivity contribution in [2.24, 2.45) is 7.05 Å². The van der Waals surface area contributed by atoms with Gasteiger partial charge in [-0.05, 0) is 25.5 Å². The summed E-state index contributed by atoms with van der Waals surface area (Å²) >= 11 is 0. The van der Waals surface area contributed by atoms with Gasteiger partial charge in [-0.1, -0.05) is 0 Å². The molecule has 0 spiro atoms. The van der Waals surface area contributed by atoms with E-state index in [1.165, 1.54) is 0 Å². The van der Waals surface area contributed by atoms with Crippen LogP contribution in [0.15, 0.2) is 12.3 Å². The number of aryl methyl sites for hydroxylation is 3. The van der Waals surface area contributed by atoms with E-state index in [0.29, 0.717) is 5.88 Å². The molecular weight excluding hydrogens is 216 g/mol. The third-order valence-corrected chi connectivity index (χ3v) is 2.81. The number of nitrogens with zero attached hydrogens (tertiary/aromatic N) is 3. The molecule has 2 N–H and O–H groups in total. The van der Waals surface area contributed by atoms with Gasteiger partial charge < -0.3 is 10.5 Å². The van der Waals surface area contributed by atoms with Gasteiger partial charge in [0.2, 0.25) is 5.88 Å². The Morgan fingerprint density at radius 2 is 2.06 bits per heavy atom. The van der Waals surface area contributed by atoms with Crippen molar-refractivity contribution in [1.29, 1.82) is 0 Å². The van der Waals surface area contributed by atoms with Crippen LogP contribution in [0.1, 0.15) is 11.3 Å². The highest BCUT2D eigenvalue weighted by Gasteiger charge is 2.14. The minimum Gasteiger partial charge on any atom is -0.481 e. The van der Waals surface area contributed by atoms with Crippen LogP contribution in [-0.2, 0) is 7.05 Å². The fourth-order valence-electron chi connectivity index (χ4n) is 1.82. The van der Waals surface area contributed by atoms with Crippen LogP contribution in [0.5, 0.6) is 5.88 Å². The molecule has 0 amide bonds.